The molecule has 64 valence electrons. The summed E-state index contributed by atoms with van der Waals surface area (Å²) in [7, 11) is -0.764. The molecule has 0 bridgehead atoms. The van der Waals surface area contributed by atoms with Crippen LogP contribution in [0.3, 0.4) is 0 Å². The van der Waals surface area contributed by atoms with E-state index in [9.17, 15) is 9.00 Å². The number of rotatable bonds is 3. The maximum atomic E-state index is 10.7. The zero-order chi connectivity index (χ0) is 8.27. The minimum Gasteiger partial charge on any atom is -0.462 e. The van der Waals surface area contributed by atoms with Gasteiger partial charge in [-0.15, -0.1) is 0 Å². The largest absolute Gasteiger partial charge is 0.462 e. The second-order valence-electron chi connectivity index (χ2n) is 2.72. The molecule has 1 saturated heterocycles. The summed E-state index contributed by atoms with van der Waals surface area (Å²) in [6.45, 7) is 0. The van der Waals surface area contributed by atoms with Crippen LogP contribution < -0.4 is 0 Å². The fourth-order valence-corrected chi connectivity index (χ4v) is 1.68. The summed E-state index contributed by atoms with van der Waals surface area (Å²) in [5, 5.41) is 0. The van der Waals surface area contributed by atoms with Gasteiger partial charge in [-0.3, -0.25) is 9.00 Å². The van der Waals surface area contributed by atoms with Gasteiger partial charge in [0.15, 0.2) is 0 Å². The molecule has 1 aliphatic rings. The van der Waals surface area contributed by atoms with Crippen molar-refractivity contribution < 1.29 is 13.7 Å². The van der Waals surface area contributed by atoms with Crippen molar-refractivity contribution in [3.63, 3.8) is 0 Å². The number of cyclic esters (lactones) is 1. The van der Waals surface area contributed by atoms with Crippen LogP contribution in [-0.4, -0.2) is 28.3 Å². The first kappa shape index (κ1) is 8.71. The van der Waals surface area contributed by atoms with E-state index in [2.05, 4.69) is 0 Å². The molecule has 0 aromatic rings. The summed E-state index contributed by atoms with van der Waals surface area (Å²) < 4.78 is 15.6. The van der Waals surface area contributed by atoms with Gasteiger partial charge in [0.2, 0.25) is 0 Å². The summed E-state index contributed by atoms with van der Waals surface area (Å²) in [4.78, 5) is 10.6. The first-order valence-electron chi connectivity index (χ1n) is 3.68. The van der Waals surface area contributed by atoms with Crippen molar-refractivity contribution in [3.05, 3.63) is 0 Å². The molecule has 4 heteroatoms. The van der Waals surface area contributed by atoms with Gasteiger partial charge in [-0.05, 0) is 12.8 Å². The highest BCUT2D eigenvalue weighted by Gasteiger charge is 2.22. The van der Waals surface area contributed by atoms with Crippen molar-refractivity contribution in [2.24, 2.45) is 0 Å². The molecule has 0 aromatic carbocycles. The molecule has 1 rings (SSSR count). The van der Waals surface area contributed by atoms with Gasteiger partial charge in [-0.25, -0.2) is 0 Å². The zero-order valence-corrected chi connectivity index (χ0v) is 7.36. The molecule has 0 spiro atoms. The van der Waals surface area contributed by atoms with Crippen molar-refractivity contribution in [1.82, 2.24) is 0 Å². The van der Waals surface area contributed by atoms with Crippen molar-refractivity contribution in [2.45, 2.75) is 25.4 Å². The second-order valence-corrected chi connectivity index (χ2v) is 4.27. The molecular formula is C7H12O3S. The van der Waals surface area contributed by atoms with E-state index in [1.807, 2.05) is 0 Å². The van der Waals surface area contributed by atoms with E-state index in [0.29, 0.717) is 12.2 Å². The van der Waals surface area contributed by atoms with Crippen LogP contribution in [0.2, 0.25) is 0 Å². The lowest BCUT2D eigenvalue weighted by Gasteiger charge is -2.06. The Balaban J connectivity index is 2.18. The van der Waals surface area contributed by atoms with E-state index in [4.69, 9.17) is 4.74 Å². The number of carbonyl (C=O) groups is 1. The minimum atomic E-state index is -0.764. The van der Waals surface area contributed by atoms with Gasteiger partial charge < -0.3 is 4.74 Å². The molecule has 2 unspecified atom stereocenters. The molecule has 0 N–H and O–H groups in total. The summed E-state index contributed by atoms with van der Waals surface area (Å²) >= 11 is 0. The molecule has 3 nitrogen and oxygen atoms in total. The maximum absolute atomic E-state index is 10.7. The molecule has 0 radical (unpaired) electrons. The highest BCUT2D eigenvalue weighted by atomic mass is 32.2. The minimum absolute atomic E-state index is 0.0337. The van der Waals surface area contributed by atoms with Gasteiger partial charge >= 0.3 is 5.97 Å². The molecule has 2 atom stereocenters. The van der Waals surface area contributed by atoms with E-state index < -0.39 is 10.8 Å². The van der Waals surface area contributed by atoms with Crippen molar-refractivity contribution in [1.29, 1.82) is 0 Å². The van der Waals surface area contributed by atoms with Gasteiger partial charge in [0.05, 0.1) is 0 Å². The maximum Gasteiger partial charge on any atom is 0.306 e. The topological polar surface area (TPSA) is 43.4 Å². The number of esters is 1. The normalized spacial score (nSPS) is 26.6. The van der Waals surface area contributed by atoms with Crippen LogP contribution in [0, 0.1) is 0 Å². The summed E-state index contributed by atoms with van der Waals surface area (Å²) in [5.74, 6) is 0.523. The third kappa shape index (κ3) is 3.01. The van der Waals surface area contributed by atoms with Crippen LogP contribution in [0.25, 0.3) is 0 Å². The van der Waals surface area contributed by atoms with Gasteiger partial charge in [0, 0.05) is 29.2 Å². The molecule has 0 amide bonds. The van der Waals surface area contributed by atoms with Gasteiger partial charge in [-0.1, -0.05) is 0 Å². The summed E-state index contributed by atoms with van der Waals surface area (Å²) in [6.07, 6.45) is 3.77. The first-order chi connectivity index (χ1) is 5.18. The second kappa shape index (κ2) is 3.85. The Morgan fingerprint density at radius 1 is 1.73 bits per heavy atom. The highest BCUT2D eigenvalue weighted by molar-refractivity contribution is 7.84. The molecule has 11 heavy (non-hydrogen) atoms. The smallest absolute Gasteiger partial charge is 0.306 e. The van der Waals surface area contributed by atoms with E-state index in [-0.39, 0.29) is 12.1 Å². The summed E-state index contributed by atoms with van der Waals surface area (Å²) in [6, 6.07) is 0. The number of ether oxygens (including phenoxy) is 1. The van der Waals surface area contributed by atoms with Gasteiger partial charge in [-0.2, -0.15) is 0 Å². The first-order valence-corrected chi connectivity index (χ1v) is 5.40. The lowest BCUT2D eigenvalue weighted by Crippen LogP contribution is -2.10. The Morgan fingerprint density at radius 2 is 2.45 bits per heavy atom. The quantitative estimate of drug-likeness (QED) is 0.587. The highest BCUT2D eigenvalue weighted by Crippen LogP contribution is 2.16. The van der Waals surface area contributed by atoms with Crippen LogP contribution in [-0.2, 0) is 20.3 Å². The van der Waals surface area contributed by atoms with Crippen LogP contribution in [0.1, 0.15) is 19.3 Å². The van der Waals surface area contributed by atoms with E-state index in [0.717, 1.165) is 12.8 Å². The predicted molar refractivity (Wildman–Crippen MR) is 42.7 cm³/mol. The Labute approximate surface area is 68.6 Å². The molecule has 1 aliphatic heterocycles. The molecule has 0 aliphatic carbocycles. The van der Waals surface area contributed by atoms with Crippen LogP contribution in [0.5, 0.6) is 0 Å². The van der Waals surface area contributed by atoms with Gasteiger partial charge in [0.25, 0.3) is 0 Å². The van der Waals surface area contributed by atoms with Crippen LogP contribution in [0.4, 0.5) is 0 Å². The Kier molecular flexibility index (Phi) is 3.05. The average molecular weight is 176 g/mol. The lowest BCUT2D eigenvalue weighted by atomic mass is 10.2. The number of hydrogen-bond acceptors (Lipinski definition) is 3. The molecule has 0 aromatic heterocycles. The van der Waals surface area contributed by atoms with E-state index in [1.54, 1.807) is 6.26 Å². The Morgan fingerprint density at radius 3 is 2.91 bits per heavy atom. The van der Waals surface area contributed by atoms with Crippen molar-refractivity contribution in [2.75, 3.05) is 12.0 Å². The van der Waals surface area contributed by atoms with Crippen molar-refractivity contribution in [3.8, 4) is 0 Å². The Hall–Kier alpha value is -0.380. The zero-order valence-electron chi connectivity index (χ0n) is 6.54. The van der Waals surface area contributed by atoms with Crippen LogP contribution >= 0.6 is 0 Å². The van der Waals surface area contributed by atoms with Crippen molar-refractivity contribution >= 4 is 16.8 Å². The monoisotopic (exact) mass is 176 g/mol. The molecule has 1 heterocycles. The van der Waals surface area contributed by atoms with E-state index >= 15 is 0 Å². The SMILES string of the molecule is CS(=O)CCC1CCC(=O)O1. The Bertz CT molecular complexity index is 179. The fourth-order valence-electron chi connectivity index (χ4n) is 1.08. The number of hydrogen-bond donors (Lipinski definition) is 0. The summed E-state index contributed by atoms with van der Waals surface area (Å²) in [5.41, 5.74) is 0. The lowest BCUT2D eigenvalue weighted by molar-refractivity contribution is -0.141. The molecular weight excluding hydrogens is 164 g/mol. The van der Waals surface area contributed by atoms with Crippen LogP contribution in [0.15, 0.2) is 0 Å². The number of carbonyl (C=O) groups excluding carboxylic acids is 1. The third-order valence-electron chi connectivity index (χ3n) is 1.70. The van der Waals surface area contributed by atoms with E-state index in [1.165, 1.54) is 0 Å². The third-order valence-corrected chi connectivity index (χ3v) is 2.51. The standard InChI is InChI=1S/C7H12O3S/c1-11(9)5-4-6-2-3-7(8)10-6/h6H,2-5H2,1H3. The van der Waals surface area contributed by atoms with Gasteiger partial charge in [0.1, 0.15) is 6.10 Å². The average Bonchev–Trinajstić information content (AvgIpc) is 2.31. The predicted octanol–water partition coefficient (Wildman–Crippen LogP) is 0.461. The fraction of sp³-hybridized carbons (Fsp3) is 0.857. The molecule has 0 saturated carbocycles. The molecule has 1 fully saturated rings.